The number of aliphatic hydroxyl groups excluding tert-OH is 1. The number of amides is 4. The highest BCUT2D eigenvalue weighted by Crippen LogP contribution is 2.28. The van der Waals surface area contributed by atoms with Gasteiger partial charge in [-0.25, -0.2) is 4.79 Å². The first-order valence-corrected chi connectivity index (χ1v) is 8.68. The van der Waals surface area contributed by atoms with E-state index in [2.05, 4.69) is 16.0 Å². The van der Waals surface area contributed by atoms with Gasteiger partial charge < -0.3 is 21.1 Å². The Morgan fingerprint density at radius 2 is 2.00 bits per heavy atom. The van der Waals surface area contributed by atoms with Crippen molar-refractivity contribution >= 4 is 17.8 Å². The molecule has 2 heterocycles. The molecule has 2 aliphatic rings. The van der Waals surface area contributed by atoms with E-state index < -0.39 is 29.5 Å². The Morgan fingerprint density at radius 3 is 2.62 bits per heavy atom. The van der Waals surface area contributed by atoms with Gasteiger partial charge in [-0.1, -0.05) is 29.8 Å². The molecule has 0 saturated carbocycles. The maximum Gasteiger partial charge on any atom is 0.325 e. The number of nitrogens with one attached hydrogen (secondary N) is 3. The molecule has 1 aromatic rings. The van der Waals surface area contributed by atoms with E-state index in [1.165, 1.54) is 0 Å². The molecule has 4 N–H and O–H groups in total. The van der Waals surface area contributed by atoms with E-state index in [4.69, 9.17) is 0 Å². The Morgan fingerprint density at radius 1 is 1.31 bits per heavy atom. The number of hydrogen-bond donors (Lipinski definition) is 4. The normalized spacial score (nSPS) is 28.3. The summed E-state index contributed by atoms with van der Waals surface area (Å²) in [5, 5.41) is 18.1. The average Bonchev–Trinajstić information content (AvgIpc) is 3.10. The molecule has 8 nitrogen and oxygen atoms in total. The minimum atomic E-state index is -1.18. The second-order valence-electron chi connectivity index (χ2n) is 7.10. The van der Waals surface area contributed by atoms with E-state index in [1.54, 1.807) is 19.1 Å². The number of β-amino-alcohol motifs (C(OH)–C–C–N with tert-alkyl or cyclic N) is 1. The number of rotatable bonds is 5. The summed E-state index contributed by atoms with van der Waals surface area (Å²) in [6.45, 7) is 4.65. The third-order valence-electron chi connectivity index (χ3n) is 5.07. The molecule has 0 radical (unpaired) electrons. The highest BCUT2D eigenvalue weighted by atomic mass is 16.3. The first-order chi connectivity index (χ1) is 12.3. The van der Waals surface area contributed by atoms with Gasteiger partial charge in [-0.3, -0.25) is 14.5 Å². The van der Waals surface area contributed by atoms with Crippen LogP contribution in [-0.2, 0) is 15.1 Å². The molecule has 2 fully saturated rings. The van der Waals surface area contributed by atoms with Crippen LogP contribution in [0.1, 0.15) is 18.1 Å². The summed E-state index contributed by atoms with van der Waals surface area (Å²) < 4.78 is 0. The van der Waals surface area contributed by atoms with Gasteiger partial charge in [-0.05, 0) is 19.4 Å². The second kappa shape index (κ2) is 7.05. The predicted octanol–water partition coefficient (Wildman–Crippen LogP) is -0.541. The van der Waals surface area contributed by atoms with E-state index in [9.17, 15) is 19.5 Å². The molecule has 0 bridgehead atoms. The summed E-state index contributed by atoms with van der Waals surface area (Å²) in [4.78, 5) is 38.1. The highest BCUT2D eigenvalue weighted by molar-refractivity contribution is 6.09. The Labute approximate surface area is 151 Å². The van der Waals surface area contributed by atoms with Crippen LogP contribution in [0.25, 0.3) is 0 Å². The van der Waals surface area contributed by atoms with Gasteiger partial charge in [0.25, 0.3) is 5.91 Å². The number of nitrogens with zero attached hydrogens (tertiary/aromatic N) is 1. The van der Waals surface area contributed by atoms with Crippen molar-refractivity contribution in [2.45, 2.75) is 25.5 Å². The van der Waals surface area contributed by atoms with Crippen LogP contribution in [0.3, 0.4) is 0 Å². The molecular formula is C18H24N4O4. The SMILES string of the molecule is Cc1ccc(C2(C)NC(=O)N(CC(=O)NCC3CNCC3O)C2=O)cc1. The van der Waals surface area contributed by atoms with E-state index >= 15 is 0 Å². The zero-order valence-electron chi connectivity index (χ0n) is 14.9. The van der Waals surface area contributed by atoms with Crippen LogP contribution in [0, 0.1) is 12.8 Å². The van der Waals surface area contributed by atoms with Gasteiger partial charge in [0, 0.05) is 25.6 Å². The summed E-state index contributed by atoms with van der Waals surface area (Å²) in [5.74, 6) is -0.954. The standard InChI is InChI=1S/C18H24N4O4/c1-11-3-5-13(6-4-11)18(2)16(25)22(17(26)21-18)10-15(24)20-8-12-7-19-9-14(12)23/h3-6,12,14,19,23H,7-10H2,1-2H3,(H,20,24)(H,21,26). The molecule has 0 spiro atoms. The monoisotopic (exact) mass is 360 g/mol. The summed E-state index contributed by atoms with van der Waals surface area (Å²) in [7, 11) is 0. The van der Waals surface area contributed by atoms with E-state index in [0.717, 1.165) is 10.5 Å². The van der Waals surface area contributed by atoms with Crippen LogP contribution in [0.15, 0.2) is 24.3 Å². The molecule has 4 amide bonds. The maximum absolute atomic E-state index is 12.8. The lowest BCUT2D eigenvalue weighted by molar-refractivity contribution is -0.134. The summed E-state index contributed by atoms with van der Waals surface area (Å²) in [6, 6.07) is 6.75. The fourth-order valence-electron chi connectivity index (χ4n) is 3.30. The van der Waals surface area contributed by atoms with Gasteiger partial charge in [0.2, 0.25) is 5.91 Å². The van der Waals surface area contributed by atoms with Gasteiger partial charge in [0.15, 0.2) is 0 Å². The smallest absolute Gasteiger partial charge is 0.325 e. The van der Waals surface area contributed by atoms with Gasteiger partial charge in [-0.2, -0.15) is 0 Å². The maximum atomic E-state index is 12.8. The van der Waals surface area contributed by atoms with Crippen LogP contribution in [0.5, 0.6) is 0 Å². The zero-order chi connectivity index (χ0) is 18.9. The molecule has 3 unspecified atom stereocenters. The first kappa shape index (κ1) is 18.3. The molecular weight excluding hydrogens is 336 g/mol. The van der Waals surface area contributed by atoms with Crippen LogP contribution in [-0.4, -0.2) is 60.1 Å². The van der Waals surface area contributed by atoms with Crippen molar-refractivity contribution in [2.24, 2.45) is 5.92 Å². The lowest BCUT2D eigenvalue weighted by Crippen LogP contribution is -2.44. The third-order valence-corrected chi connectivity index (χ3v) is 5.07. The molecule has 2 aliphatic heterocycles. The number of carbonyl (C=O) groups is 3. The van der Waals surface area contributed by atoms with E-state index in [1.807, 2.05) is 19.1 Å². The van der Waals surface area contributed by atoms with Crippen molar-refractivity contribution in [1.29, 1.82) is 0 Å². The number of urea groups is 1. The topological polar surface area (TPSA) is 111 Å². The van der Waals surface area contributed by atoms with Gasteiger partial charge in [-0.15, -0.1) is 0 Å². The summed E-state index contributed by atoms with van der Waals surface area (Å²) in [5.41, 5.74) is 0.537. The summed E-state index contributed by atoms with van der Waals surface area (Å²) in [6.07, 6.45) is -0.503. The Kier molecular flexibility index (Phi) is 4.97. The molecule has 1 aromatic carbocycles. The molecule has 3 atom stereocenters. The van der Waals surface area contributed by atoms with Crippen LogP contribution >= 0.6 is 0 Å². The van der Waals surface area contributed by atoms with Crippen molar-refractivity contribution in [2.75, 3.05) is 26.2 Å². The van der Waals surface area contributed by atoms with Crippen molar-refractivity contribution < 1.29 is 19.5 Å². The van der Waals surface area contributed by atoms with E-state index in [0.29, 0.717) is 25.2 Å². The lowest BCUT2D eigenvalue weighted by atomic mass is 9.91. The fraction of sp³-hybridized carbons (Fsp3) is 0.500. The van der Waals surface area contributed by atoms with Gasteiger partial charge in [0.05, 0.1) is 6.10 Å². The van der Waals surface area contributed by atoms with Crippen molar-refractivity contribution in [1.82, 2.24) is 20.9 Å². The van der Waals surface area contributed by atoms with Crippen LogP contribution < -0.4 is 16.0 Å². The average molecular weight is 360 g/mol. The Bertz CT molecular complexity index is 720. The molecule has 0 aliphatic carbocycles. The fourth-order valence-corrected chi connectivity index (χ4v) is 3.30. The number of aryl methyl sites for hydroxylation is 1. The first-order valence-electron chi connectivity index (χ1n) is 8.68. The third kappa shape index (κ3) is 3.42. The van der Waals surface area contributed by atoms with Gasteiger partial charge >= 0.3 is 6.03 Å². The van der Waals surface area contributed by atoms with Crippen molar-refractivity contribution in [3.05, 3.63) is 35.4 Å². The highest BCUT2D eigenvalue weighted by Gasteiger charge is 2.49. The Hall–Kier alpha value is -2.45. The predicted molar refractivity (Wildman–Crippen MR) is 94.2 cm³/mol. The van der Waals surface area contributed by atoms with Crippen molar-refractivity contribution in [3.8, 4) is 0 Å². The summed E-state index contributed by atoms with van der Waals surface area (Å²) >= 11 is 0. The number of benzene rings is 1. The number of imide groups is 1. The number of carbonyl (C=O) groups excluding carboxylic acids is 3. The number of aliphatic hydroxyl groups is 1. The second-order valence-corrected chi connectivity index (χ2v) is 7.10. The minimum Gasteiger partial charge on any atom is -0.391 e. The lowest BCUT2D eigenvalue weighted by Gasteiger charge is -2.22. The largest absolute Gasteiger partial charge is 0.391 e. The minimum absolute atomic E-state index is 0.0696. The molecule has 2 saturated heterocycles. The molecule has 8 heteroatoms. The molecule has 26 heavy (non-hydrogen) atoms. The number of hydrogen-bond acceptors (Lipinski definition) is 5. The molecule has 0 aromatic heterocycles. The van der Waals surface area contributed by atoms with Crippen LogP contribution in [0.2, 0.25) is 0 Å². The molecule has 140 valence electrons. The quantitative estimate of drug-likeness (QED) is 0.527. The van der Waals surface area contributed by atoms with Crippen LogP contribution in [0.4, 0.5) is 4.79 Å². The zero-order valence-corrected chi connectivity index (χ0v) is 14.9. The van der Waals surface area contributed by atoms with E-state index in [-0.39, 0.29) is 12.5 Å². The Balaban J connectivity index is 1.63. The van der Waals surface area contributed by atoms with Crippen molar-refractivity contribution in [3.63, 3.8) is 0 Å². The van der Waals surface area contributed by atoms with Gasteiger partial charge in [0.1, 0.15) is 12.1 Å². The molecule has 3 rings (SSSR count).